The Labute approximate surface area is 99.2 Å². The van der Waals surface area contributed by atoms with E-state index in [0.717, 1.165) is 22.2 Å². The minimum absolute atomic E-state index is 0.118. The van der Waals surface area contributed by atoms with E-state index in [-0.39, 0.29) is 11.8 Å². The van der Waals surface area contributed by atoms with Crippen molar-refractivity contribution in [3.63, 3.8) is 0 Å². The van der Waals surface area contributed by atoms with Gasteiger partial charge in [0.15, 0.2) is 5.78 Å². The van der Waals surface area contributed by atoms with E-state index >= 15 is 0 Å². The molecule has 0 aliphatic carbocycles. The minimum Gasteiger partial charge on any atom is -0.371 e. The van der Waals surface area contributed by atoms with E-state index < -0.39 is 0 Å². The van der Waals surface area contributed by atoms with Gasteiger partial charge in [-0.15, -0.1) is 0 Å². The van der Waals surface area contributed by atoms with Crippen molar-refractivity contribution in [2.24, 2.45) is 0 Å². The van der Waals surface area contributed by atoms with Crippen LogP contribution in [0.15, 0.2) is 36.5 Å². The Bertz CT molecular complexity index is 631. The zero-order valence-corrected chi connectivity index (χ0v) is 9.47. The Morgan fingerprint density at radius 1 is 1.35 bits per heavy atom. The number of rotatable bonds is 1. The molecule has 1 N–H and O–H groups in total. The van der Waals surface area contributed by atoms with Gasteiger partial charge >= 0.3 is 0 Å². The summed E-state index contributed by atoms with van der Waals surface area (Å²) in [4.78, 5) is 15.7. The Hall–Kier alpha value is -2.16. The average molecular weight is 224 g/mol. The fraction of sp³-hybridized carbons (Fsp3) is 0.143. The van der Waals surface area contributed by atoms with Gasteiger partial charge in [0, 0.05) is 11.6 Å². The third kappa shape index (κ3) is 1.60. The van der Waals surface area contributed by atoms with Gasteiger partial charge in [0.1, 0.15) is 6.04 Å². The lowest BCUT2D eigenvalue weighted by atomic mass is 10.0. The van der Waals surface area contributed by atoms with Crippen molar-refractivity contribution >= 4 is 28.4 Å². The van der Waals surface area contributed by atoms with Gasteiger partial charge in [-0.2, -0.15) is 0 Å². The number of fused-ring (bicyclic) bond motifs is 3. The van der Waals surface area contributed by atoms with Crippen LogP contribution in [0.2, 0.25) is 0 Å². The molecule has 0 amide bonds. The predicted molar refractivity (Wildman–Crippen MR) is 68.9 cm³/mol. The molecule has 1 aliphatic rings. The van der Waals surface area contributed by atoms with Gasteiger partial charge in [-0.1, -0.05) is 18.2 Å². The smallest absolute Gasteiger partial charge is 0.155 e. The molecule has 0 saturated heterocycles. The predicted octanol–water partition coefficient (Wildman–Crippen LogP) is 2.63. The van der Waals surface area contributed by atoms with Crippen molar-refractivity contribution in [3.8, 4) is 0 Å². The number of carbonyl (C=O) groups is 1. The van der Waals surface area contributed by atoms with Gasteiger partial charge in [0.05, 0.1) is 11.2 Å². The van der Waals surface area contributed by atoms with Crippen LogP contribution in [0.25, 0.3) is 17.0 Å². The minimum atomic E-state index is -0.228. The molecule has 0 radical (unpaired) electrons. The molecule has 1 unspecified atom stereocenters. The second kappa shape index (κ2) is 3.70. The van der Waals surface area contributed by atoms with E-state index in [2.05, 4.69) is 10.3 Å². The number of benzene rings is 1. The number of aromatic nitrogens is 1. The largest absolute Gasteiger partial charge is 0.371 e. The van der Waals surface area contributed by atoms with Gasteiger partial charge in [0.25, 0.3) is 0 Å². The van der Waals surface area contributed by atoms with E-state index in [1.807, 2.05) is 36.4 Å². The second-order valence-electron chi connectivity index (χ2n) is 4.19. The Morgan fingerprint density at radius 2 is 2.24 bits per heavy atom. The molecule has 3 nitrogen and oxygen atoms in total. The summed E-state index contributed by atoms with van der Waals surface area (Å²) in [6.07, 6.45) is 5.66. The summed E-state index contributed by atoms with van der Waals surface area (Å²) >= 11 is 0. The number of ketones is 1. The Kier molecular flexibility index (Phi) is 2.18. The molecule has 1 aromatic carbocycles. The molecule has 1 aromatic heterocycles. The second-order valence-corrected chi connectivity index (χ2v) is 4.19. The number of nitrogens with zero attached hydrogens (tertiary/aromatic N) is 1. The van der Waals surface area contributed by atoms with Crippen molar-refractivity contribution in [2.75, 3.05) is 5.32 Å². The molecule has 0 bridgehead atoms. The molecule has 84 valence electrons. The SMILES string of the molecule is CC(=O)C1C=Cc2ccc3ncccc3c2N1. The van der Waals surface area contributed by atoms with Gasteiger partial charge in [-0.3, -0.25) is 9.78 Å². The lowest BCUT2D eigenvalue weighted by Gasteiger charge is -2.21. The van der Waals surface area contributed by atoms with Gasteiger partial charge in [-0.25, -0.2) is 0 Å². The molecule has 0 saturated carbocycles. The molecule has 1 aliphatic heterocycles. The van der Waals surface area contributed by atoms with Crippen molar-refractivity contribution in [1.29, 1.82) is 0 Å². The number of nitrogens with one attached hydrogen (secondary N) is 1. The third-order valence-electron chi connectivity index (χ3n) is 3.02. The lowest BCUT2D eigenvalue weighted by Crippen LogP contribution is -2.27. The topological polar surface area (TPSA) is 42.0 Å². The first-order valence-corrected chi connectivity index (χ1v) is 5.58. The van der Waals surface area contributed by atoms with Crippen LogP contribution in [0.3, 0.4) is 0 Å². The van der Waals surface area contributed by atoms with Crippen LogP contribution < -0.4 is 5.32 Å². The molecule has 0 spiro atoms. The van der Waals surface area contributed by atoms with Gasteiger partial charge < -0.3 is 5.32 Å². The number of anilines is 1. The summed E-state index contributed by atoms with van der Waals surface area (Å²) in [7, 11) is 0. The van der Waals surface area contributed by atoms with Crippen LogP contribution in [0.4, 0.5) is 5.69 Å². The molecule has 17 heavy (non-hydrogen) atoms. The first-order chi connectivity index (χ1) is 8.25. The Balaban J connectivity index is 2.21. The van der Waals surface area contributed by atoms with Crippen LogP contribution in [0.5, 0.6) is 0 Å². The molecule has 0 fully saturated rings. The molecule has 2 heterocycles. The van der Waals surface area contributed by atoms with Crippen LogP contribution in [-0.4, -0.2) is 16.8 Å². The molecule has 3 rings (SSSR count). The quantitative estimate of drug-likeness (QED) is 0.809. The fourth-order valence-corrected chi connectivity index (χ4v) is 2.11. The number of carbonyl (C=O) groups excluding carboxylic acids is 1. The van der Waals surface area contributed by atoms with E-state index in [4.69, 9.17) is 0 Å². The maximum atomic E-state index is 11.4. The maximum Gasteiger partial charge on any atom is 0.155 e. The molecular formula is C14H12N2O. The summed E-state index contributed by atoms with van der Waals surface area (Å²) in [5.41, 5.74) is 3.04. The number of pyridine rings is 1. The fourth-order valence-electron chi connectivity index (χ4n) is 2.11. The highest BCUT2D eigenvalue weighted by molar-refractivity contribution is 6.00. The summed E-state index contributed by atoms with van der Waals surface area (Å²) < 4.78 is 0. The standard InChI is InChI=1S/C14H12N2O/c1-9(17)12-6-4-10-5-7-13-11(14(10)16-12)3-2-8-15-13/h2-8,12,16H,1H3. The van der Waals surface area contributed by atoms with Gasteiger partial charge in [-0.05, 0) is 30.7 Å². The summed E-state index contributed by atoms with van der Waals surface area (Å²) in [6, 6.07) is 7.71. The van der Waals surface area contributed by atoms with E-state index in [1.54, 1.807) is 13.1 Å². The molecule has 2 aromatic rings. The first kappa shape index (κ1) is 10.0. The third-order valence-corrected chi connectivity index (χ3v) is 3.02. The van der Waals surface area contributed by atoms with Crippen LogP contribution in [0.1, 0.15) is 12.5 Å². The maximum absolute atomic E-state index is 11.4. The highest BCUT2D eigenvalue weighted by atomic mass is 16.1. The van der Waals surface area contributed by atoms with Crippen LogP contribution in [0, 0.1) is 0 Å². The normalized spacial score (nSPS) is 17.6. The molecular weight excluding hydrogens is 212 g/mol. The zero-order chi connectivity index (χ0) is 11.8. The zero-order valence-electron chi connectivity index (χ0n) is 9.47. The monoisotopic (exact) mass is 224 g/mol. The number of hydrogen-bond acceptors (Lipinski definition) is 3. The average Bonchev–Trinajstić information content (AvgIpc) is 2.38. The molecule has 1 atom stereocenters. The molecule has 3 heteroatoms. The van der Waals surface area contributed by atoms with Crippen molar-refractivity contribution in [3.05, 3.63) is 42.1 Å². The number of hydrogen-bond donors (Lipinski definition) is 1. The summed E-state index contributed by atoms with van der Waals surface area (Å²) in [6.45, 7) is 1.59. The van der Waals surface area contributed by atoms with E-state index in [9.17, 15) is 4.79 Å². The highest BCUT2D eigenvalue weighted by Gasteiger charge is 2.17. The van der Waals surface area contributed by atoms with Crippen molar-refractivity contribution in [1.82, 2.24) is 4.98 Å². The van der Waals surface area contributed by atoms with Gasteiger partial charge in [0.2, 0.25) is 0 Å². The summed E-state index contributed by atoms with van der Waals surface area (Å²) in [5.74, 6) is 0.118. The lowest BCUT2D eigenvalue weighted by molar-refractivity contribution is -0.116. The summed E-state index contributed by atoms with van der Waals surface area (Å²) in [5, 5.41) is 4.32. The highest BCUT2D eigenvalue weighted by Crippen LogP contribution is 2.30. The van der Waals surface area contributed by atoms with E-state index in [1.165, 1.54) is 0 Å². The number of Topliss-reactive ketones (excluding diaryl/α,β-unsaturated/α-hetero) is 1. The first-order valence-electron chi connectivity index (χ1n) is 5.58. The van der Waals surface area contributed by atoms with Crippen molar-refractivity contribution in [2.45, 2.75) is 13.0 Å². The van der Waals surface area contributed by atoms with Crippen molar-refractivity contribution < 1.29 is 4.79 Å². The van der Waals surface area contributed by atoms with Crippen LogP contribution >= 0.6 is 0 Å². The Morgan fingerprint density at radius 3 is 3.06 bits per heavy atom. The van der Waals surface area contributed by atoms with Crippen LogP contribution in [-0.2, 0) is 4.79 Å². The van der Waals surface area contributed by atoms with E-state index in [0.29, 0.717) is 0 Å².